The summed E-state index contributed by atoms with van der Waals surface area (Å²) in [4.78, 5) is 26.9. The van der Waals surface area contributed by atoms with Crippen molar-refractivity contribution in [1.29, 1.82) is 0 Å². The first-order chi connectivity index (χ1) is 10.1. The van der Waals surface area contributed by atoms with Crippen LogP contribution in [0.25, 0.3) is 10.7 Å². The third kappa shape index (κ3) is 2.79. The normalized spacial score (nSPS) is 21.7. The zero-order valence-electron chi connectivity index (χ0n) is 11.8. The second-order valence-electron chi connectivity index (χ2n) is 5.62. The second kappa shape index (κ2) is 5.50. The fourth-order valence-corrected chi connectivity index (χ4v) is 3.18. The molecule has 1 saturated heterocycles. The maximum absolute atomic E-state index is 12.5. The molecule has 0 aliphatic carbocycles. The third-order valence-electron chi connectivity index (χ3n) is 3.84. The number of nitrogens with two attached hydrogens (primary N) is 1. The van der Waals surface area contributed by atoms with Gasteiger partial charge < -0.3 is 10.6 Å². The molecule has 1 aliphatic heterocycles. The summed E-state index contributed by atoms with van der Waals surface area (Å²) in [6.07, 6.45) is 5.82. The summed E-state index contributed by atoms with van der Waals surface area (Å²) >= 11 is 1.41. The molecule has 110 valence electrons. The molecule has 1 atom stereocenters. The molecule has 7 heteroatoms. The summed E-state index contributed by atoms with van der Waals surface area (Å²) < 4.78 is 0. The SMILES string of the molecule is CC1(CN)CCN(C(=O)c2csc(-c3cnccn3)n2)C1. The molecule has 2 aromatic heterocycles. The average Bonchev–Trinajstić information content (AvgIpc) is 3.15. The number of nitrogens with zero attached hydrogens (tertiary/aromatic N) is 4. The van der Waals surface area contributed by atoms with Crippen LogP contribution in [0.15, 0.2) is 24.0 Å². The van der Waals surface area contributed by atoms with Gasteiger partial charge in [-0.25, -0.2) is 4.98 Å². The Morgan fingerprint density at radius 1 is 1.52 bits per heavy atom. The molecule has 0 bridgehead atoms. The summed E-state index contributed by atoms with van der Waals surface area (Å²) in [5.74, 6) is -0.0291. The van der Waals surface area contributed by atoms with E-state index < -0.39 is 0 Å². The van der Waals surface area contributed by atoms with Gasteiger partial charge in [-0.05, 0) is 18.4 Å². The van der Waals surface area contributed by atoms with Gasteiger partial charge in [0.05, 0.1) is 6.20 Å². The molecule has 2 aromatic rings. The summed E-state index contributed by atoms with van der Waals surface area (Å²) in [5, 5.41) is 2.50. The Bertz CT molecular complexity index is 644. The molecule has 3 rings (SSSR count). The maximum atomic E-state index is 12.5. The van der Waals surface area contributed by atoms with Crippen LogP contribution in [0.5, 0.6) is 0 Å². The van der Waals surface area contributed by atoms with Gasteiger partial charge in [0, 0.05) is 30.9 Å². The van der Waals surface area contributed by atoms with Crippen LogP contribution in [0.3, 0.4) is 0 Å². The standard InChI is InChI=1S/C14H17N5OS/c1-14(8-15)2-5-19(9-14)13(20)11-7-21-12(18-11)10-6-16-3-4-17-10/h3-4,6-7H,2,5,8-9,15H2,1H3. The van der Waals surface area contributed by atoms with Crippen LogP contribution in [0.1, 0.15) is 23.8 Å². The number of rotatable bonds is 3. The Hall–Kier alpha value is -1.86. The van der Waals surface area contributed by atoms with E-state index in [1.165, 1.54) is 11.3 Å². The van der Waals surface area contributed by atoms with E-state index >= 15 is 0 Å². The Kier molecular flexibility index (Phi) is 3.69. The zero-order chi connectivity index (χ0) is 14.9. The van der Waals surface area contributed by atoms with Crippen molar-refractivity contribution in [3.8, 4) is 10.7 Å². The van der Waals surface area contributed by atoms with Crippen LogP contribution in [0, 0.1) is 5.41 Å². The summed E-state index contributed by atoms with van der Waals surface area (Å²) in [5.41, 5.74) is 6.97. The van der Waals surface area contributed by atoms with Crippen LogP contribution in [0.2, 0.25) is 0 Å². The van der Waals surface area contributed by atoms with Crippen molar-refractivity contribution in [2.75, 3.05) is 19.6 Å². The smallest absolute Gasteiger partial charge is 0.273 e. The van der Waals surface area contributed by atoms with Gasteiger partial charge in [0.1, 0.15) is 16.4 Å². The van der Waals surface area contributed by atoms with E-state index in [4.69, 9.17) is 5.73 Å². The molecule has 0 saturated carbocycles. The number of carbonyl (C=O) groups is 1. The minimum atomic E-state index is -0.0291. The fraction of sp³-hybridized carbons (Fsp3) is 0.429. The van der Waals surface area contributed by atoms with Gasteiger partial charge in [-0.3, -0.25) is 14.8 Å². The van der Waals surface area contributed by atoms with Crippen LogP contribution < -0.4 is 5.73 Å². The van der Waals surface area contributed by atoms with E-state index in [1.54, 1.807) is 24.0 Å². The quantitative estimate of drug-likeness (QED) is 0.926. The molecule has 21 heavy (non-hydrogen) atoms. The van der Waals surface area contributed by atoms with Crippen molar-refractivity contribution in [2.45, 2.75) is 13.3 Å². The molecular weight excluding hydrogens is 286 g/mol. The van der Waals surface area contributed by atoms with E-state index in [1.807, 2.05) is 4.90 Å². The van der Waals surface area contributed by atoms with Crippen molar-refractivity contribution < 1.29 is 4.79 Å². The topological polar surface area (TPSA) is 85.0 Å². The van der Waals surface area contributed by atoms with Gasteiger partial charge in [-0.2, -0.15) is 0 Å². The maximum Gasteiger partial charge on any atom is 0.273 e. The fourth-order valence-electron chi connectivity index (χ4n) is 2.42. The summed E-state index contributed by atoms with van der Waals surface area (Å²) in [6, 6.07) is 0. The Labute approximate surface area is 127 Å². The lowest BCUT2D eigenvalue weighted by Crippen LogP contribution is -2.34. The number of likely N-dealkylation sites (tertiary alicyclic amines) is 1. The molecule has 1 aliphatic rings. The van der Waals surface area contributed by atoms with Gasteiger partial charge in [-0.15, -0.1) is 11.3 Å². The first-order valence-electron chi connectivity index (χ1n) is 6.83. The monoisotopic (exact) mass is 303 g/mol. The highest BCUT2D eigenvalue weighted by atomic mass is 32.1. The van der Waals surface area contributed by atoms with Crippen LogP contribution >= 0.6 is 11.3 Å². The van der Waals surface area contributed by atoms with Crippen LogP contribution in [-0.4, -0.2) is 45.4 Å². The summed E-state index contributed by atoms with van der Waals surface area (Å²) in [7, 11) is 0. The molecule has 1 amide bonds. The number of aromatic nitrogens is 3. The molecule has 0 spiro atoms. The van der Waals surface area contributed by atoms with Gasteiger partial charge in [0.25, 0.3) is 5.91 Å². The number of thiazole rings is 1. The van der Waals surface area contributed by atoms with Crippen molar-refractivity contribution >= 4 is 17.2 Å². The molecule has 6 nitrogen and oxygen atoms in total. The van der Waals surface area contributed by atoms with Gasteiger partial charge in [0.2, 0.25) is 0 Å². The molecule has 3 heterocycles. The highest BCUT2D eigenvalue weighted by Crippen LogP contribution is 2.30. The molecule has 1 unspecified atom stereocenters. The predicted octanol–water partition coefficient (Wildman–Crippen LogP) is 1.41. The van der Waals surface area contributed by atoms with Crippen LogP contribution in [0.4, 0.5) is 0 Å². The minimum Gasteiger partial charge on any atom is -0.337 e. The van der Waals surface area contributed by atoms with Crippen molar-refractivity contribution in [3.05, 3.63) is 29.7 Å². The van der Waals surface area contributed by atoms with E-state index in [0.29, 0.717) is 29.5 Å². The van der Waals surface area contributed by atoms with Gasteiger partial charge in [0.15, 0.2) is 0 Å². The highest BCUT2D eigenvalue weighted by molar-refractivity contribution is 7.13. The Morgan fingerprint density at radius 2 is 2.38 bits per heavy atom. The molecule has 0 aromatic carbocycles. The molecular formula is C14H17N5OS. The van der Waals surface area contributed by atoms with Gasteiger partial charge >= 0.3 is 0 Å². The number of amides is 1. The molecule has 0 radical (unpaired) electrons. The predicted molar refractivity (Wildman–Crippen MR) is 80.8 cm³/mol. The Balaban J connectivity index is 1.77. The largest absolute Gasteiger partial charge is 0.337 e. The number of hydrogen-bond donors (Lipinski definition) is 1. The zero-order valence-corrected chi connectivity index (χ0v) is 12.6. The van der Waals surface area contributed by atoms with Crippen molar-refractivity contribution in [3.63, 3.8) is 0 Å². The second-order valence-corrected chi connectivity index (χ2v) is 6.48. The average molecular weight is 303 g/mol. The van der Waals surface area contributed by atoms with Crippen molar-refractivity contribution in [2.24, 2.45) is 11.1 Å². The first-order valence-corrected chi connectivity index (χ1v) is 7.70. The highest BCUT2D eigenvalue weighted by Gasteiger charge is 2.35. The first kappa shape index (κ1) is 14.1. The third-order valence-corrected chi connectivity index (χ3v) is 4.71. The Morgan fingerprint density at radius 3 is 3.05 bits per heavy atom. The van der Waals surface area contributed by atoms with E-state index in [2.05, 4.69) is 21.9 Å². The summed E-state index contributed by atoms with van der Waals surface area (Å²) in [6.45, 7) is 4.15. The van der Waals surface area contributed by atoms with E-state index in [0.717, 1.165) is 13.0 Å². The van der Waals surface area contributed by atoms with Gasteiger partial charge in [-0.1, -0.05) is 6.92 Å². The number of carbonyl (C=O) groups excluding carboxylic acids is 1. The number of hydrogen-bond acceptors (Lipinski definition) is 6. The lowest BCUT2D eigenvalue weighted by atomic mass is 9.90. The lowest BCUT2D eigenvalue weighted by Gasteiger charge is -2.22. The minimum absolute atomic E-state index is 0.0272. The molecule has 2 N–H and O–H groups in total. The van der Waals surface area contributed by atoms with Crippen LogP contribution in [-0.2, 0) is 0 Å². The van der Waals surface area contributed by atoms with E-state index in [9.17, 15) is 4.79 Å². The lowest BCUT2D eigenvalue weighted by molar-refractivity contribution is 0.0772. The molecule has 1 fully saturated rings. The van der Waals surface area contributed by atoms with E-state index in [-0.39, 0.29) is 11.3 Å². The van der Waals surface area contributed by atoms with Crippen molar-refractivity contribution in [1.82, 2.24) is 19.9 Å².